The van der Waals surface area contributed by atoms with E-state index >= 15 is 0 Å². The van der Waals surface area contributed by atoms with Crippen LogP contribution >= 0.6 is 11.8 Å². The SMILES string of the molecule is Cc1ccccc1CCCCSC(C)C. The number of aryl methyl sites for hydroxylation is 2. The predicted molar refractivity (Wildman–Crippen MR) is 71.7 cm³/mol. The standard InChI is InChI=1S/C14H22S/c1-12(2)15-11-7-6-10-14-9-5-4-8-13(14)3/h4-5,8-9,12H,6-7,10-11H2,1-3H3. The topological polar surface area (TPSA) is 0 Å². The third-order valence-electron chi connectivity index (χ3n) is 2.55. The minimum absolute atomic E-state index is 0.781. The Morgan fingerprint density at radius 2 is 1.87 bits per heavy atom. The van der Waals surface area contributed by atoms with Gasteiger partial charge in [-0.15, -0.1) is 0 Å². The normalized spacial score (nSPS) is 10.9. The van der Waals surface area contributed by atoms with Crippen LogP contribution in [0.3, 0.4) is 0 Å². The molecule has 0 bridgehead atoms. The van der Waals surface area contributed by atoms with Crippen molar-refractivity contribution in [2.75, 3.05) is 5.75 Å². The smallest absolute Gasteiger partial charge is 0.000968 e. The van der Waals surface area contributed by atoms with Gasteiger partial charge in [0.15, 0.2) is 0 Å². The summed E-state index contributed by atoms with van der Waals surface area (Å²) in [5, 5.41) is 0.781. The number of benzene rings is 1. The molecule has 1 aromatic rings. The van der Waals surface area contributed by atoms with Crippen molar-refractivity contribution >= 4 is 11.8 Å². The van der Waals surface area contributed by atoms with Crippen LogP contribution in [0.4, 0.5) is 0 Å². The molecule has 0 heterocycles. The van der Waals surface area contributed by atoms with Gasteiger partial charge >= 0.3 is 0 Å². The summed E-state index contributed by atoms with van der Waals surface area (Å²) in [5.74, 6) is 1.31. The Morgan fingerprint density at radius 3 is 2.53 bits per heavy atom. The highest BCUT2D eigenvalue weighted by Crippen LogP contribution is 2.14. The van der Waals surface area contributed by atoms with Gasteiger partial charge in [0.25, 0.3) is 0 Å². The lowest BCUT2D eigenvalue weighted by molar-refractivity contribution is 0.797. The molecule has 0 aliphatic carbocycles. The number of unbranched alkanes of at least 4 members (excludes halogenated alkanes) is 1. The molecule has 0 amide bonds. The number of thioether (sulfide) groups is 1. The van der Waals surface area contributed by atoms with Gasteiger partial charge in [-0.25, -0.2) is 0 Å². The molecule has 0 unspecified atom stereocenters. The molecule has 0 saturated heterocycles. The van der Waals surface area contributed by atoms with Crippen molar-refractivity contribution in [3.05, 3.63) is 35.4 Å². The Balaban J connectivity index is 2.18. The van der Waals surface area contributed by atoms with Crippen LogP contribution in [0.25, 0.3) is 0 Å². The van der Waals surface area contributed by atoms with Crippen molar-refractivity contribution in [3.63, 3.8) is 0 Å². The third-order valence-corrected chi connectivity index (χ3v) is 3.74. The quantitative estimate of drug-likeness (QED) is 0.640. The number of hydrogen-bond acceptors (Lipinski definition) is 1. The maximum absolute atomic E-state index is 2.27. The van der Waals surface area contributed by atoms with E-state index in [-0.39, 0.29) is 0 Å². The molecule has 0 nitrogen and oxygen atoms in total. The first-order chi connectivity index (χ1) is 7.20. The Hall–Kier alpha value is -0.430. The van der Waals surface area contributed by atoms with Crippen molar-refractivity contribution in [3.8, 4) is 0 Å². The molecule has 84 valence electrons. The molecule has 1 aromatic carbocycles. The zero-order valence-electron chi connectivity index (χ0n) is 10.1. The Labute approximate surface area is 98.5 Å². The van der Waals surface area contributed by atoms with Crippen LogP contribution in [0.1, 0.15) is 37.8 Å². The lowest BCUT2D eigenvalue weighted by atomic mass is 10.0. The summed E-state index contributed by atoms with van der Waals surface area (Å²) in [6.07, 6.45) is 3.91. The van der Waals surface area contributed by atoms with Crippen LogP contribution in [0.15, 0.2) is 24.3 Å². The van der Waals surface area contributed by atoms with E-state index in [0.29, 0.717) is 0 Å². The summed E-state index contributed by atoms with van der Waals surface area (Å²) in [4.78, 5) is 0. The molecule has 15 heavy (non-hydrogen) atoms. The highest BCUT2D eigenvalue weighted by Gasteiger charge is 1.98. The zero-order valence-corrected chi connectivity index (χ0v) is 10.9. The first-order valence-corrected chi connectivity index (χ1v) is 6.91. The number of hydrogen-bond donors (Lipinski definition) is 0. The van der Waals surface area contributed by atoms with Crippen LogP contribution in [0.5, 0.6) is 0 Å². The fraction of sp³-hybridized carbons (Fsp3) is 0.571. The molecule has 0 N–H and O–H groups in total. The average molecular weight is 222 g/mol. The highest BCUT2D eigenvalue weighted by atomic mass is 32.2. The van der Waals surface area contributed by atoms with Crippen molar-refractivity contribution < 1.29 is 0 Å². The van der Waals surface area contributed by atoms with Gasteiger partial charge in [-0.2, -0.15) is 11.8 Å². The lowest BCUT2D eigenvalue weighted by Gasteiger charge is -2.06. The second-order valence-electron chi connectivity index (χ2n) is 4.30. The molecular formula is C14H22S. The van der Waals surface area contributed by atoms with E-state index in [9.17, 15) is 0 Å². The monoisotopic (exact) mass is 222 g/mol. The first-order valence-electron chi connectivity index (χ1n) is 5.86. The van der Waals surface area contributed by atoms with Gasteiger partial charge < -0.3 is 0 Å². The molecular weight excluding hydrogens is 200 g/mol. The maximum Gasteiger partial charge on any atom is -0.000968 e. The minimum Gasteiger partial charge on any atom is -0.159 e. The largest absolute Gasteiger partial charge is 0.159 e. The molecule has 0 aliphatic rings. The van der Waals surface area contributed by atoms with Gasteiger partial charge in [0.05, 0.1) is 0 Å². The predicted octanol–water partition coefficient (Wildman–Crippen LogP) is 4.46. The summed E-state index contributed by atoms with van der Waals surface area (Å²) in [6.45, 7) is 6.75. The Kier molecular flexibility index (Phi) is 5.85. The van der Waals surface area contributed by atoms with Crippen LogP contribution in [-0.2, 0) is 6.42 Å². The Morgan fingerprint density at radius 1 is 1.13 bits per heavy atom. The van der Waals surface area contributed by atoms with E-state index in [2.05, 4.69) is 56.8 Å². The lowest BCUT2D eigenvalue weighted by Crippen LogP contribution is -1.93. The second-order valence-corrected chi connectivity index (χ2v) is 5.99. The van der Waals surface area contributed by atoms with Crippen molar-refractivity contribution in [1.82, 2.24) is 0 Å². The number of rotatable bonds is 6. The third kappa shape index (κ3) is 5.27. The summed E-state index contributed by atoms with van der Waals surface area (Å²) in [7, 11) is 0. The van der Waals surface area contributed by atoms with Gasteiger partial charge in [0, 0.05) is 0 Å². The van der Waals surface area contributed by atoms with E-state index in [0.717, 1.165) is 5.25 Å². The molecule has 0 fully saturated rings. The van der Waals surface area contributed by atoms with Crippen LogP contribution in [0.2, 0.25) is 0 Å². The van der Waals surface area contributed by atoms with Gasteiger partial charge in [-0.05, 0) is 48.3 Å². The summed E-state index contributed by atoms with van der Waals surface area (Å²) in [5.41, 5.74) is 2.96. The molecule has 0 atom stereocenters. The molecule has 0 spiro atoms. The van der Waals surface area contributed by atoms with Crippen molar-refractivity contribution in [2.45, 2.75) is 45.3 Å². The van der Waals surface area contributed by atoms with Gasteiger partial charge in [-0.1, -0.05) is 38.1 Å². The fourth-order valence-electron chi connectivity index (χ4n) is 1.63. The van der Waals surface area contributed by atoms with Crippen molar-refractivity contribution in [2.24, 2.45) is 0 Å². The average Bonchev–Trinajstić information content (AvgIpc) is 2.20. The van der Waals surface area contributed by atoms with E-state index in [1.54, 1.807) is 0 Å². The molecule has 0 radical (unpaired) electrons. The molecule has 1 rings (SSSR count). The van der Waals surface area contributed by atoms with E-state index < -0.39 is 0 Å². The summed E-state index contributed by atoms with van der Waals surface area (Å²) < 4.78 is 0. The zero-order chi connectivity index (χ0) is 11.1. The summed E-state index contributed by atoms with van der Waals surface area (Å²) in [6, 6.07) is 8.72. The van der Waals surface area contributed by atoms with Crippen LogP contribution < -0.4 is 0 Å². The molecule has 0 aliphatic heterocycles. The van der Waals surface area contributed by atoms with Crippen LogP contribution in [-0.4, -0.2) is 11.0 Å². The maximum atomic E-state index is 2.27. The highest BCUT2D eigenvalue weighted by molar-refractivity contribution is 7.99. The molecule has 1 heteroatoms. The van der Waals surface area contributed by atoms with Gasteiger partial charge in [0.2, 0.25) is 0 Å². The molecule has 0 saturated carbocycles. The first kappa shape index (κ1) is 12.6. The van der Waals surface area contributed by atoms with E-state index in [1.807, 2.05) is 0 Å². The van der Waals surface area contributed by atoms with Crippen molar-refractivity contribution in [1.29, 1.82) is 0 Å². The Bertz CT molecular complexity index is 278. The summed E-state index contributed by atoms with van der Waals surface area (Å²) >= 11 is 2.07. The van der Waals surface area contributed by atoms with E-state index in [4.69, 9.17) is 0 Å². The van der Waals surface area contributed by atoms with Gasteiger partial charge in [0.1, 0.15) is 0 Å². The fourth-order valence-corrected chi connectivity index (χ4v) is 2.47. The van der Waals surface area contributed by atoms with Gasteiger partial charge in [-0.3, -0.25) is 0 Å². The van der Waals surface area contributed by atoms with Crippen LogP contribution in [0, 0.1) is 6.92 Å². The van der Waals surface area contributed by atoms with E-state index in [1.165, 1.54) is 36.1 Å². The second kappa shape index (κ2) is 6.95. The molecule has 0 aromatic heterocycles. The minimum atomic E-state index is 0.781.